The molecule has 1 aliphatic carbocycles. The molecule has 20 heavy (non-hydrogen) atoms. The van der Waals surface area contributed by atoms with Crippen LogP contribution in [-0.2, 0) is 4.74 Å². The van der Waals surface area contributed by atoms with Gasteiger partial charge in [-0.15, -0.1) is 0 Å². The van der Waals surface area contributed by atoms with Gasteiger partial charge in [0.05, 0.1) is 18.8 Å². The predicted molar refractivity (Wildman–Crippen MR) is 81.9 cm³/mol. The third-order valence-electron chi connectivity index (χ3n) is 4.73. The van der Waals surface area contributed by atoms with Crippen LogP contribution in [0.3, 0.4) is 0 Å². The van der Waals surface area contributed by atoms with E-state index in [9.17, 15) is 5.11 Å². The van der Waals surface area contributed by atoms with Gasteiger partial charge in [0.15, 0.2) is 0 Å². The quantitative estimate of drug-likeness (QED) is 0.746. The molecular weight excluding hydrogens is 252 g/mol. The highest BCUT2D eigenvalue weighted by atomic mass is 16.5. The largest absolute Gasteiger partial charge is 0.389 e. The summed E-state index contributed by atoms with van der Waals surface area (Å²) in [5, 5.41) is 13.4. The summed E-state index contributed by atoms with van der Waals surface area (Å²) in [4.78, 5) is 2.39. The number of ether oxygens (including phenoxy) is 1. The van der Waals surface area contributed by atoms with Crippen LogP contribution in [0.15, 0.2) is 0 Å². The van der Waals surface area contributed by atoms with Crippen LogP contribution in [0.4, 0.5) is 0 Å². The first kappa shape index (κ1) is 16.2. The van der Waals surface area contributed by atoms with Gasteiger partial charge in [0.25, 0.3) is 0 Å². The Balaban J connectivity index is 1.48. The fourth-order valence-corrected chi connectivity index (χ4v) is 3.26. The second-order valence-corrected chi connectivity index (χ2v) is 6.65. The second-order valence-electron chi connectivity index (χ2n) is 6.65. The van der Waals surface area contributed by atoms with Gasteiger partial charge >= 0.3 is 0 Å². The number of nitrogens with zero attached hydrogens (tertiary/aromatic N) is 1. The Morgan fingerprint density at radius 3 is 2.55 bits per heavy atom. The number of rotatable bonds is 7. The first-order valence-corrected chi connectivity index (χ1v) is 8.43. The molecule has 2 rings (SSSR count). The van der Waals surface area contributed by atoms with Crippen molar-refractivity contribution < 1.29 is 9.84 Å². The highest BCUT2D eigenvalue weighted by Crippen LogP contribution is 2.20. The molecule has 2 N–H and O–H groups in total. The van der Waals surface area contributed by atoms with Gasteiger partial charge in [0.2, 0.25) is 0 Å². The highest BCUT2D eigenvalue weighted by molar-refractivity contribution is 4.73. The van der Waals surface area contributed by atoms with E-state index in [1.807, 2.05) is 0 Å². The molecule has 0 bridgehead atoms. The summed E-state index contributed by atoms with van der Waals surface area (Å²) in [6.45, 7) is 4.61. The molecule has 1 saturated heterocycles. The standard InChI is InChI=1S/C16H32N2O2/c1-18-9-7-14(8-10-18)11-17-12-15(19)13-20-16-5-3-2-4-6-16/h14-17,19H,2-13H2,1H3. The number of hydrogen-bond acceptors (Lipinski definition) is 4. The molecule has 0 aromatic rings. The molecule has 1 heterocycles. The maximum absolute atomic E-state index is 9.96. The van der Waals surface area contributed by atoms with Crippen molar-refractivity contribution in [2.45, 2.75) is 57.2 Å². The Bertz CT molecular complexity index is 249. The number of piperidine rings is 1. The molecule has 4 nitrogen and oxygen atoms in total. The zero-order valence-electron chi connectivity index (χ0n) is 13.0. The molecule has 118 valence electrons. The summed E-state index contributed by atoms with van der Waals surface area (Å²) in [5.74, 6) is 0.776. The third kappa shape index (κ3) is 6.08. The maximum atomic E-state index is 9.96. The molecule has 0 spiro atoms. The Morgan fingerprint density at radius 2 is 1.85 bits per heavy atom. The van der Waals surface area contributed by atoms with Gasteiger partial charge in [-0.1, -0.05) is 19.3 Å². The highest BCUT2D eigenvalue weighted by Gasteiger charge is 2.18. The van der Waals surface area contributed by atoms with Gasteiger partial charge in [0.1, 0.15) is 0 Å². The van der Waals surface area contributed by atoms with Crippen molar-refractivity contribution in [3.8, 4) is 0 Å². The van der Waals surface area contributed by atoms with E-state index in [4.69, 9.17) is 4.74 Å². The Hall–Kier alpha value is -0.160. The monoisotopic (exact) mass is 284 g/mol. The number of nitrogens with one attached hydrogen (secondary N) is 1. The lowest BCUT2D eigenvalue weighted by Crippen LogP contribution is -2.38. The summed E-state index contributed by atoms with van der Waals surface area (Å²) >= 11 is 0. The van der Waals surface area contributed by atoms with E-state index in [0.29, 0.717) is 19.3 Å². The van der Waals surface area contributed by atoms with E-state index in [1.165, 1.54) is 58.0 Å². The summed E-state index contributed by atoms with van der Waals surface area (Å²) in [5.41, 5.74) is 0. The van der Waals surface area contributed by atoms with Crippen molar-refractivity contribution in [2.75, 3.05) is 39.8 Å². The number of hydrogen-bond donors (Lipinski definition) is 2. The Labute approximate surface area is 123 Å². The molecule has 2 fully saturated rings. The molecule has 0 amide bonds. The van der Waals surface area contributed by atoms with Crippen LogP contribution >= 0.6 is 0 Å². The third-order valence-corrected chi connectivity index (χ3v) is 4.73. The van der Waals surface area contributed by atoms with E-state index in [0.717, 1.165) is 12.5 Å². The number of aliphatic hydroxyl groups is 1. The Morgan fingerprint density at radius 1 is 1.15 bits per heavy atom. The second kappa shape index (κ2) is 8.98. The molecule has 1 aliphatic heterocycles. The predicted octanol–water partition coefficient (Wildman–Crippen LogP) is 1.63. The van der Waals surface area contributed by atoms with E-state index >= 15 is 0 Å². The lowest BCUT2D eigenvalue weighted by Gasteiger charge is -2.29. The molecule has 0 aromatic heterocycles. The van der Waals surface area contributed by atoms with E-state index in [1.54, 1.807) is 0 Å². The summed E-state index contributed by atoms with van der Waals surface area (Å²) in [7, 11) is 2.19. The minimum atomic E-state index is -0.358. The minimum Gasteiger partial charge on any atom is -0.389 e. The fraction of sp³-hybridized carbons (Fsp3) is 1.00. The zero-order valence-corrected chi connectivity index (χ0v) is 13.0. The molecule has 1 unspecified atom stereocenters. The maximum Gasteiger partial charge on any atom is 0.0897 e. The summed E-state index contributed by atoms with van der Waals surface area (Å²) in [6.07, 6.45) is 8.86. The van der Waals surface area contributed by atoms with E-state index in [2.05, 4.69) is 17.3 Å². The fourth-order valence-electron chi connectivity index (χ4n) is 3.26. The minimum absolute atomic E-state index is 0.358. The SMILES string of the molecule is CN1CCC(CNCC(O)COC2CCCCC2)CC1. The molecule has 4 heteroatoms. The van der Waals surface area contributed by atoms with Gasteiger partial charge in [-0.05, 0) is 58.3 Å². The lowest BCUT2D eigenvalue weighted by atomic mass is 9.97. The average molecular weight is 284 g/mol. The topological polar surface area (TPSA) is 44.7 Å². The van der Waals surface area contributed by atoms with Crippen LogP contribution in [0, 0.1) is 5.92 Å². The normalized spacial score (nSPS) is 24.9. The number of aliphatic hydroxyl groups excluding tert-OH is 1. The van der Waals surface area contributed by atoms with Crippen molar-refractivity contribution in [3.63, 3.8) is 0 Å². The van der Waals surface area contributed by atoms with Crippen molar-refractivity contribution in [1.82, 2.24) is 10.2 Å². The molecule has 0 aromatic carbocycles. The van der Waals surface area contributed by atoms with E-state index in [-0.39, 0.29) is 6.10 Å². The van der Waals surface area contributed by atoms with Gasteiger partial charge in [-0.2, -0.15) is 0 Å². The van der Waals surface area contributed by atoms with Crippen LogP contribution in [0.25, 0.3) is 0 Å². The van der Waals surface area contributed by atoms with Crippen LogP contribution < -0.4 is 5.32 Å². The van der Waals surface area contributed by atoms with Crippen LogP contribution in [0.2, 0.25) is 0 Å². The first-order valence-electron chi connectivity index (χ1n) is 8.43. The Kier molecular flexibility index (Phi) is 7.28. The van der Waals surface area contributed by atoms with Crippen molar-refractivity contribution in [3.05, 3.63) is 0 Å². The van der Waals surface area contributed by atoms with Crippen LogP contribution in [0.1, 0.15) is 44.9 Å². The van der Waals surface area contributed by atoms with Crippen LogP contribution in [-0.4, -0.2) is 62.0 Å². The smallest absolute Gasteiger partial charge is 0.0897 e. The molecule has 0 radical (unpaired) electrons. The van der Waals surface area contributed by atoms with E-state index < -0.39 is 0 Å². The molecule has 1 atom stereocenters. The molecule has 2 aliphatic rings. The molecular formula is C16H32N2O2. The summed E-state index contributed by atoms with van der Waals surface area (Å²) < 4.78 is 5.80. The van der Waals surface area contributed by atoms with Crippen molar-refractivity contribution in [1.29, 1.82) is 0 Å². The van der Waals surface area contributed by atoms with Gasteiger partial charge in [-0.25, -0.2) is 0 Å². The first-order chi connectivity index (χ1) is 9.74. The number of likely N-dealkylation sites (tertiary alicyclic amines) is 1. The lowest BCUT2D eigenvalue weighted by molar-refractivity contribution is -0.0232. The van der Waals surface area contributed by atoms with Crippen LogP contribution in [0.5, 0.6) is 0 Å². The summed E-state index contributed by atoms with van der Waals surface area (Å²) in [6, 6.07) is 0. The van der Waals surface area contributed by atoms with Gasteiger partial charge in [0, 0.05) is 6.54 Å². The van der Waals surface area contributed by atoms with Crippen molar-refractivity contribution in [2.24, 2.45) is 5.92 Å². The average Bonchev–Trinajstić information content (AvgIpc) is 2.48. The van der Waals surface area contributed by atoms with Gasteiger partial charge < -0.3 is 20.1 Å². The zero-order chi connectivity index (χ0) is 14.2. The molecule has 1 saturated carbocycles. The van der Waals surface area contributed by atoms with Crippen molar-refractivity contribution >= 4 is 0 Å². The van der Waals surface area contributed by atoms with Gasteiger partial charge in [-0.3, -0.25) is 0 Å².